The van der Waals surface area contributed by atoms with Crippen LogP contribution in [-0.2, 0) is 21.6 Å². The molecule has 0 atom stereocenters. The van der Waals surface area contributed by atoms with E-state index in [1.807, 2.05) is 44.3 Å². The molecule has 20 heavy (non-hydrogen) atoms. The van der Waals surface area contributed by atoms with Crippen molar-refractivity contribution in [3.05, 3.63) is 46.4 Å². The molecule has 1 aromatic heterocycles. The first-order valence-corrected chi connectivity index (χ1v) is 6.97. The summed E-state index contributed by atoms with van der Waals surface area (Å²) in [5.41, 5.74) is 2.65. The van der Waals surface area contributed by atoms with Gasteiger partial charge in [-0.2, -0.15) is 8.42 Å². The van der Waals surface area contributed by atoms with Gasteiger partial charge in [-0.25, -0.2) is 0 Å². The van der Waals surface area contributed by atoms with Gasteiger partial charge in [-0.1, -0.05) is 30.3 Å². The van der Waals surface area contributed by atoms with Crippen LogP contribution in [0, 0.1) is 6.92 Å². The van der Waals surface area contributed by atoms with E-state index in [9.17, 15) is 13.2 Å². The molecule has 2 aromatic rings. The van der Waals surface area contributed by atoms with Crippen molar-refractivity contribution >= 4 is 10.4 Å². The van der Waals surface area contributed by atoms with Crippen LogP contribution in [-0.4, -0.2) is 29.9 Å². The van der Waals surface area contributed by atoms with Gasteiger partial charge in [0, 0.05) is 12.7 Å². The van der Waals surface area contributed by atoms with Crippen LogP contribution in [0.5, 0.6) is 0 Å². The lowest BCUT2D eigenvalue weighted by Gasteiger charge is -1.98. The van der Waals surface area contributed by atoms with Crippen molar-refractivity contribution in [3.63, 3.8) is 0 Å². The Morgan fingerprint density at radius 3 is 2.10 bits per heavy atom. The van der Waals surface area contributed by atoms with Gasteiger partial charge in [0.15, 0.2) is 0 Å². The van der Waals surface area contributed by atoms with Crippen molar-refractivity contribution in [2.24, 2.45) is 7.05 Å². The first-order valence-electron chi connectivity index (χ1n) is 5.60. The third-order valence-electron chi connectivity index (χ3n) is 2.63. The number of benzene rings is 1. The van der Waals surface area contributed by atoms with E-state index in [0.29, 0.717) is 0 Å². The van der Waals surface area contributed by atoms with E-state index in [1.54, 1.807) is 4.68 Å². The third kappa shape index (κ3) is 4.34. The molecule has 1 aromatic carbocycles. The van der Waals surface area contributed by atoms with Crippen LogP contribution in [0.2, 0.25) is 0 Å². The summed E-state index contributed by atoms with van der Waals surface area (Å²) in [5.74, 6) is 0. The molecule has 7 nitrogen and oxygen atoms in total. The lowest BCUT2D eigenvalue weighted by molar-refractivity contribution is 0.324. The summed E-state index contributed by atoms with van der Waals surface area (Å²) < 4.78 is 31.4. The number of rotatable bonds is 2. The largest absolute Gasteiger partial charge is 0.397 e. The van der Waals surface area contributed by atoms with Gasteiger partial charge in [0.25, 0.3) is 5.56 Å². The van der Waals surface area contributed by atoms with Gasteiger partial charge in [0.05, 0.1) is 12.7 Å². The quantitative estimate of drug-likeness (QED) is 0.809. The molecular weight excluding hydrogens is 284 g/mol. The van der Waals surface area contributed by atoms with Crippen LogP contribution >= 0.6 is 0 Å². The predicted octanol–water partition coefficient (Wildman–Crippen LogP) is 1.12. The fourth-order valence-corrected chi connectivity index (χ4v) is 1.57. The van der Waals surface area contributed by atoms with E-state index < -0.39 is 10.4 Å². The molecule has 0 aliphatic rings. The van der Waals surface area contributed by atoms with E-state index >= 15 is 0 Å². The highest BCUT2D eigenvalue weighted by atomic mass is 32.3. The average molecular weight is 300 g/mol. The minimum atomic E-state index is -4.16. The Morgan fingerprint density at radius 2 is 1.75 bits per heavy atom. The summed E-state index contributed by atoms with van der Waals surface area (Å²) in [6, 6.07) is 9.69. The molecule has 0 saturated heterocycles. The van der Waals surface area contributed by atoms with Gasteiger partial charge >= 0.3 is 10.4 Å². The summed E-state index contributed by atoms with van der Waals surface area (Å²) in [7, 11) is -1.46. The van der Waals surface area contributed by atoms with Crippen LogP contribution < -0.4 is 5.56 Å². The maximum absolute atomic E-state index is 11.6. The molecule has 0 spiro atoms. The maximum atomic E-state index is 11.6. The topological polar surface area (TPSA) is 101 Å². The molecule has 0 radical (unpaired) electrons. The predicted molar refractivity (Wildman–Crippen MR) is 74.8 cm³/mol. The summed E-state index contributed by atoms with van der Waals surface area (Å²) in [6.07, 6.45) is 0. The Kier molecular flexibility index (Phi) is 5.26. The van der Waals surface area contributed by atoms with E-state index in [2.05, 4.69) is 9.28 Å². The van der Waals surface area contributed by atoms with Crippen molar-refractivity contribution in [1.29, 1.82) is 0 Å². The fraction of sp³-hybridized carbons (Fsp3) is 0.250. The molecule has 2 rings (SSSR count). The molecule has 0 bridgehead atoms. The van der Waals surface area contributed by atoms with E-state index in [0.717, 1.165) is 23.9 Å². The van der Waals surface area contributed by atoms with Crippen LogP contribution in [0.1, 0.15) is 5.69 Å². The van der Waals surface area contributed by atoms with Crippen LogP contribution in [0.3, 0.4) is 0 Å². The smallest absolute Gasteiger partial charge is 0.292 e. The van der Waals surface area contributed by atoms with Gasteiger partial charge in [-0.3, -0.25) is 23.3 Å². The second-order valence-electron chi connectivity index (χ2n) is 3.92. The number of H-pyrrole nitrogens is 1. The van der Waals surface area contributed by atoms with Gasteiger partial charge in [-0.05, 0) is 12.5 Å². The number of nitrogens with one attached hydrogen (secondary N) is 1. The third-order valence-corrected chi connectivity index (χ3v) is 3.06. The normalized spacial score (nSPS) is 10.8. The van der Waals surface area contributed by atoms with Crippen molar-refractivity contribution in [2.75, 3.05) is 7.11 Å². The summed E-state index contributed by atoms with van der Waals surface area (Å²) in [4.78, 5) is 11.6. The van der Waals surface area contributed by atoms with Crippen LogP contribution in [0.25, 0.3) is 11.1 Å². The number of aromatic nitrogens is 2. The van der Waals surface area contributed by atoms with E-state index in [4.69, 9.17) is 4.55 Å². The Balaban J connectivity index is 0.000000286. The van der Waals surface area contributed by atoms with Gasteiger partial charge < -0.3 is 0 Å². The summed E-state index contributed by atoms with van der Waals surface area (Å²) >= 11 is 0. The Hall–Kier alpha value is -1.90. The highest BCUT2D eigenvalue weighted by Gasteiger charge is 2.09. The molecule has 0 unspecified atom stereocenters. The van der Waals surface area contributed by atoms with Crippen molar-refractivity contribution < 1.29 is 17.2 Å². The second-order valence-corrected chi connectivity index (χ2v) is 5.11. The zero-order valence-corrected chi connectivity index (χ0v) is 12.1. The van der Waals surface area contributed by atoms with Crippen molar-refractivity contribution in [1.82, 2.24) is 9.78 Å². The SMILES string of the molecule is COS(=O)(=O)O.Cc1c(-c2ccccc2)c(=O)[nH]n1C. The summed E-state index contributed by atoms with van der Waals surface area (Å²) in [5, 5.41) is 2.74. The standard InChI is InChI=1S/C11H12N2O.CH4O4S/c1-8-10(11(14)12-13(8)2)9-6-4-3-5-7-9;1-5-6(2,3)4/h3-7H,1-2H3,(H,12,14);1H3,(H,2,3,4). The molecular formula is C12H16N2O5S. The monoisotopic (exact) mass is 300 g/mol. The van der Waals surface area contributed by atoms with Gasteiger partial charge in [0.1, 0.15) is 0 Å². The molecule has 0 amide bonds. The Morgan fingerprint density at radius 1 is 1.25 bits per heavy atom. The zero-order chi connectivity index (χ0) is 15.3. The zero-order valence-electron chi connectivity index (χ0n) is 11.3. The highest BCUT2D eigenvalue weighted by molar-refractivity contribution is 7.80. The lowest BCUT2D eigenvalue weighted by Crippen LogP contribution is -2.03. The van der Waals surface area contributed by atoms with Crippen molar-refractivity contribution in [2.45, 2.75) is 6.92 Å². The van der Waals surface area contributed by atoms with Crippen LogP contribution in [0.4, 0.5) is 0 Å². The number of hydrogen-bond donors (Lipinski definition) is 2. The number of aryl methyl sites for hydroxylation is 1. The van der Waals surface area contributed by atoms with Crippen molar-refractivity contribution in [3.8, 4) is 11.1 Å². The molecule has 2 N–H and O–H groups in total. The Bertz CT molecular complexity index is 716. The lowest BCUT2D eigenvalue weighted by atomic mass is 10.1. The number of nitrogens with zero attached hydrogens (tertiary/aromatic N) is 1. The molecule has 8 heteroatoms. The first kappa shape index (κ1) is 16.2. The Labute approximate surface area is 116 Å². The minimum absolute atomic E-state index is 0.0313. The fourth-order valence-electron chi connectivity index (χ4n) is 1.57. The van der Waals surface area contributed by atoms with Gasteiger partial charge in [0.2, 0.25) is 0 Å². The minimum Gasteiger partial charge on any atom is -0.292 e. The molecule has 0 aliphatic heterocycles. The molecule has 110 valence electrons. The second kappa shape index (κ2) is 6.51. The van der Waals surface area contributed by atoms with Crippen LogP contribution in [0.15, 0.2) is 35.1 Å². The number of aromatic amines is 1. The van der Waals surface area contributed by atoms with E-state index in [-0.39, 0.29) is 5.56 Å². The molecule has 1 heterocycles. The molecule has 0 fully saturated rings. The summed E-state index contributed by atoms with van der Waals surface area (Å²) in [6.45, 7) is 1.93. The average Bonchev–Trinajstić information content (AvgIpc) is 2.64. The first-order chi connectivity index (χ1) is 9.26. The maximum Gasteiger partial charge on any atom is 0.397 e. The molecule has 0 saturated carbocycles. The number of hydrogen-bond acceptors (Lipinski definition) is 4. The highest BCUT2D eigenvalue weighted by Crippen LogP contribution is 2.17. The van der Waals surface area contributed by atoms with Gasteiger partial charge in [-0.15, -0.1) is 0 Å². The molecule has 0 aliphatic carbocycles. The van der Waals surface area contributed by atoms with E-state index in [1.165, 1.54) is 0 Å².